The highest BCUT2D eigenvalue weighted by Gasteiger charge is 2.29. The Hall–Kier alpha value is -2.34. The smallest absolute Gasteiger partial charge is 0.234 e. The molecular weight excluding hydrogens is 326 g/mol. The molecule has 0 aromatic heterocycles. The van der Waals surface area contributed by atoms with Gasteiger partial charge in [-0.25, -0.2) is 8.42 Å². The van der Waals surface area contributed by atoms with E-state index in [4.69, 9.17) is 4.74 Å². The highest BCUT2D eigenvalue weighted by atomic mass is 32.2. The zero-order valence-electron chi connectivity index (χ0n) is 13.6. The molecule has 0 N–H and O–H groups in total. The largest absolute Gasteiger partial charge is 0.490 e. The maximum absolute atomic E-state index is 12.9. The molecule has 2 aromatic rings. The average Bonchev–Trinajstić information content (AvgIpc) is 2.59. The predicted molar refractivity (Wildman–Crippen MR) is 92.3 cm³/mol. The molecule has 24 heavy (non-hydrogen) atoms. The Morgan fingerprint density at radius 2 is 1.88 bits per heavy atom. The van der Waals surface area contributed by atoms with Gasteiger partial charge in [0, 0.05) is 6.26 Å². The zero-order valence-corrected chi connectivity index (χ0v) is 14.4. The van der Waals surface area contributed by atoms with E-state index in [0.29, 0.717) is 24.6 Å². The summed E-state index contributed by atoms with van der Waals surface area (Å²) >= 11 is 0. The van der Waals surface area contributed by atoms with Gasteiger partial charge in [-0.2, -0.15) is 0 Å². The summed E-state index contributed by atoms with van der Waals surface area (Å²) in [6, 6.07) is 14.2. The van der Waals surface area contributed by atoms with Crippen LogP contribution in [0, 0.1) is 0 Å². The van der Waals surface area contributed by atoms with Gasteiger partial charge in [0.15, 0.2) is 9.84 Å². The lowest BCUT2D eigenvalue weighted by Crippen LogP contribution is -2.40. The Balaban J connectivity index is 1.98. The van der Waals surface area contributed by atoms with Crippen molar-refractivity contribution in [3.8, 4) is 5.75 Å². The summed E-state index contributed by atoms with van der Waals surface area (Å²) in [6.45, 7) is 2.64. The number of carbonyl (C=O) groups excluding carboxylic acids is 1. The minimum atomic E-state index is -3.35. The van der Waals surface area contributed by atoms with Gasteiger partial charge >= 0.3 is 0 Å². The van der Waals surface area contributed by atoms with Gasteiger partial charge in [-0.15, -0.1) is 0 Å². The van der Waals surface area contributed by atoms with Crippen molar-refractivity contribution in [2.45, 2.75) is 17.7 Å². The van der Waals surface area contributed by atoms with Crippen LogP contribution >= 0.6 is 0 Å². The van der Waals surface area contributed by atoms with E-state index in [9.17, 15) is 13.2 Å². The van der Waals surface area contributed by atoms with Gasteiger partial charge in [-0.05, 0) is 30.7 Å². The van der Waals surface area contributed by atoms with Gasteiger partial charge in [0.2, 0.25) is 5.91 Å². The molecule has 6 heteroatoms. The van der Waals surface area contributed by atoms with E-state index in [2.05, 4.69) is 0 Å². The highest BCUT2D eigenvalue weighted by Crippen LogP contribution is 2.35. The summed E-state index contributed by atoms with van der Waals surface area (Å²) in [6.07, 6.45) is 1.15. The van der Waals surface area contributed by atoms with Crippen molar-refractivity contribution in [2.24, 2.45) is 0 Å². The molecule has 1 aliphatic rings. The van der Waals surface area contributed by atoms with Crippen molar-refractivity contribution in [1.29, 1.82) is 0 Å². The van der Waals surface area contributed by atoms with Crippen LogP contribution in [0.1, 0.15) is 18.4 Å². The molecule has 0 fully saturated rings. The molecule has 0 bridgehead atoms. The van der Waals surface area contributed by atoms with Gasteiger partial charge in [0.1, 0.15) is 12.4 Å². The van der Waals surface area contributed by atoms with E-state index in [1.54, 1.807) is 11.0 Å². The third-order valence-electron chi connectivity index (χ3n) is 4.16. The third-order valence-corrected chi connectivity index (χ3v) is 5.27. The van der Waals surface area contributed by atoms with Crippen molar-refractivity contribution < 1.29 is 17.9 Å². The van der Waals surface area contributed by atoms with Gasteiger partial charge in [-0.1, -0.05) is 30.3 Å². The maximum Gasteiger partial charge on any atom is 0.234 e. The number of fused-ring (bicyclic) bond motifs is 1. The number of nitrogens with zero attached hydrogens (tertiary/aromatic N) is 1. The normalized spacial score (nSPS) is 15.3. The Morgan fingerprint density at radius 1 is 1.17 bits per heavy atom. The number of sulfone groups is 1. The third kappa shape index (κ3) is 3.14. The van der Waals surface area contributed by atoms with Crippen LogP contribution < -0.4 is 9.64 Å². The Morgan fingerprint density at radius 3 is 2.54 bits per heavy atom. The van der Waals surface area contributed by atoms with E-state index >= 15 is 0 Å². The highest BCUT2D eigenvalue weighted by molar-refractivity contribution is 7.90. The Bertz CT molecular complexity index is 862. The molecule has 126 valence electrons. The first-order chi connectivity index (χ1) is 11.4. The fourth-order valence-corrected chi connectivity index (χ4v) is 3.42. The van der Waals surface area contributed by atoms with Crippen LogP contribution in [-0.2, 0) is 14.6 Å². The molecule has 0 radical (unpaired) electrons. The maximum atomic E-state index is 12.9. The minimum absolute atomic E-state index is 0.0728. The molecule has 2 aromatic carbocycles. The second kappa shape index (κ2) is 6.28. The molecule has 0 saturated carbocycles. The Kier molecular flexibility index (Phi) is 4.32. The summed E-state index contributed by atoms with van der Waals surface area (Å²) < 4.78 is 29.2. The zero-order chi connectivity index (χ0) is 17.3. The van der Waals surface area contributed by atoms with E-state index in [-0.39, 0.29) is 16.7 Å². The lowest BCUT2D eigenvalue weighted by Gasteiger charge is -2.31. The predicted octanol–water partition coefficient (Wildman–Crippen LogP) is 2.62. The molecule has 3 rings (SSSR count). The van der Waals surface area contributed by atoms with Crippen LogP contribution in [-0.4, -0.2) is 33.7 Å². The summed E-state index contributed by atoms with van der Waals surface area (Å²) in [5.74, 6) is 0.137. The van der Waals surface area contributed by atoms with Crippen LogP contribution in [0.4, 0.5) is 5.69 Å². The van der Waals surface area contributed by atoms with Gasteiger partial charge in [-0.3, -0.25) is 4.79 Å². The number of carbonyl (C=O) groups is 1. The number of anilines is 1. The lowest BCUT2D eigenvalue weighted by atomic mass is 9.99. The summed E-state index contributed by atoms with van der Waals surface area (Å²) in [4.78, 5) is 14.7. The second-order valence-electron chi connectivity index (χ2n) is 5.87. The standard InChI is InChI=1S/C18H19NO4S/c1-13(14-6-4-3-5-7-14)18(20)19-10-11-23-17-9-8-15(12-16(17)19)24(2,21)22/h3-9,12-13H,10-11H2,1-2H3/t13-/m0/s1. The number of benzene rings is 2. The van der Waals surface area contributed by atoms with Crippen molar-refractivity contribution in [1.82, 2.24) is 0 Å². The lowest BCUT2D eigenvalue weighted by molar-refractivity contribution is -0.120. The molecule has 1 amide bonds. The molecular formula is C18H19NO4S. The summed E-state index contributed by atoms with van der Waals surface area (Å²) in [7, 11) is -3.35. The van der Waals surface area contributed by atoms with Crippen molar-refractivity contribution in [3.05, 3.63) is 54.1 Å². The first kappa shape index (κ1) is 16.5. The number of hydrogen-bond acceptors (Lipinski definition) is 4. The van der Waals surface area contributed by atoms with E-state index in [1.165, 1.54) is 12.1 Å². The quantitative estimate of drug-likeness (QED) is 0.858. The van der Waals surface area contributed by atoms with E-state index in [1.807, 2.05) is 37.3 Å². The SMILES string of the molecule is C[C@H](C(=O)N1CCOc2ccc(S(C)(=O)=O)cc21)c1ccccc1. The number of amides is 1. The van der Waals surface area contributed by atoms with Crippen LogP contribution in [0.5, 0.6) is 5.75 Å². The van der Waals surface area contributed by atoms with Gasteiger partial charge in [0.05, 0.1) is 23.0 Å². The van der Waals surface area contributed by atoms with Crippen LogP contribution in [0.25, 0.3) is 0 Å². The fourth-order valence-electron chi connectivity index (χ4n) is 2.78. The molecule has 0 saturated heterocycles. The summed E-state index contributed by atoms with van der Waals surface area (Å²) in [5, 5.41) is 0. The van der Waals surface area contributed by atoms with Crippen LogP contribution in [0.15, 0.2) is 53.4 Å². The number of ether oxygens (including phenoxy) is 1. The number of rotatable bonds is 3. The molecule has 1 aliphatic heterocycles. The molecule has 1 atom stereocenters. The van der Waals surface area contributed by atoms with Crippen molar-refractivity contribution in [2.75, 3.05) is 24.3 Å². The molecule has 0 spiro atoms. The van der Waals surface area contributed by atoms with E-state index < -0.39 is 9.84 Å². The summed E-state index contributed by atoms with van der Waals surface area (Å²) in [5.41, 5.74) is 1.44. The molecule has 0 unspecified atom stereocenters. The number of hydrogen-bond donors (Lipinski definition) is 0. The fraction of sp³-hybridized carbons (Fsp3) is 0.278. The van der Waals surface area contributed by atoms with Crippen molar-refractivity contribution >= 4 is 21.4 Å². The first-order valence-electron chi connectivity index (χ1n) is 7.71. The first-order valence-corrected chi connectivity index (χ1v) is 9.60. The van der Waals surface area contributed by atoms with Crippen LogP contribution in [0.2, 0.25) is 0 Å². The monoisotopic (exact) mass is 345 g/mol. The molecule has 0 aliphatic carbocycles. The molecule has 5 nitrogen and oxygen atoms in total. The topological polar surface area (TPSA) is 63.7 Å². The molecule has 1 heterocycles. The second-order valence-corrected chi connectivity index (χ2v) is 7.89. The Labute approximate surface area is 141 Å². The van der Waals surface area contributed by atoms with E-state index in [0.717, 1.165) is 11.8 Å². The average molecular weight is 345 g/mol. The van der Waals surface area contributed by atoms with Gasteiger partial charge in [0.25, 0.3) is 0 Å². The van der Waals surface area contributed by atoms with Crippen molar-refractivity contribution in [3.63, 3.8) is 0 Å². The van der Waals surface area contributed by atoms with Crippen LogP contribution in [0.3, 0.4) is 0 Å². The minimum Gasteiger partial charge on any atom is -0.490 e. The van der Waals surface area contributed by atoms with Gasteiger partial charge < -0.3 is 9.64 Å².